The van der Waals surface area contributed by atoms with E-state index in [0.717, 1.165) is 96.5 Å². The van der Waals surface area contributed by atoms with Gasteiger partial charge in [-0.15, -0.1) is 0 Å². The Morgan fingerprint density at radius 3 is 2.08 bits per heavy atom. The Labute approximate surface area is 353 Å². The van der Waals surface area contributed by atoms with Gasteiger partial charge >= 0.3 is 11.9 Å². The van der Waals surface area contributed by atoms with Gasteiger partial charge in [-0.1, -0.05) is 18.2 Å². The average Bonchev–Trinajstić information content (AvgIpc) is 3.74. The second-order valence-corrected chi connectivity index (χ2v) is 15.9. The zero-order valence-electron chi connectivity index (χ0n) is 33.3. The van der Waals surface area contributed by atoms with Crippen molar-refractivity contribution in [3.8, 4) is 22.8 Å². The number of ether oxygens (including phenoxy) is 1. The molecule has 318 valence electrons. The normalized spacial score (nSPS) is 20.0. The maximum atomic E-state index is 13.3. The summed E-state index contributed by atoms with van der Waals surface area (Å²) in [5.41, 5.74) is 10.4. The molecule has 0 bridgehead atoms. The molecule has 4 amide bonds. The molecule has 0 aliphatic carbocycles. The molecule has 1 unspecified atom stereocenters. The van der Waals surface area contributed by atoms with Crippen molar-refractivity contribution in [1.82, 2.24) is 39.8 Å². The van der Waals surface area contributed by atoms with Gasteiger partial charge in [0, 0.05) is 69.0 Å². The first-order valence-electron chi connectivity index (χ1n) is 20.3. The van der Waals surface area contributed by atoms with Gasteiger partial charge in [0.1, 0.15) is 35.4 Å². The third-order valence-electron chi connectivity index (χ3n) is 12.2. The minimum absolute atomic E-state index is 0.0958. The minimum Gasteiger partial charge on any atom is -0.473 e. The van der Waals surface area contributed by atoms with Crippen molar-refractivity contribution >= 4 is 58.1 Å². The highest BCUT2D eigenvalue weighted by Crippen LogP contribution is 2.37. The number of nitrogen functional groups attached to an aromatic ring is 1. The summed E-state index contributed by atoms with van der Waals surface area (Å²) in [6.45, 7) is 5.67. The van der Waals surface area contributed by atoms with Crippen molar-refractivity contribution in [3.05, 3.63) is 90.3 Å². The molecule has 62 heavy (non-hydrogen) atoms. The van der Waals surface area contributed by atoms with Gasteiger partial charge in [-0.05, 0) is 73.9 Å². The number of aliphatic carboxylic acids is 2. The van der Waals surface area contributed by atoms with E-state index in [1.807, 2.05) is 60.7 Å². The number of anilines is 2. The summed E-state index contributed by atoms with van der Waals surface area (Å²) in [6, 6.07) is 23.0. The minimum atomic E-state index is -1.82. The van der Waals surface area contributed by atoms with Crippen LogP contribution in [0.2, 0.25) is 0 Å². The van der Waals surface area contributed by atoms with Crippen LogP contribution in [-0.2, 0) is 19.2 Å². The molecule has 19 heteroatoms. The summed E-state index contributed by atoms with van der Waals surface area (Å²) in [7, 11) is 0. The molecular weight excluding hydrogens is 801 g/mol. The van der Waals surface area contributed by atoms with Crippen LogP contribution in [0.5, 0.6) is 11.5 Å². The van der Waals surface area contributed by atoms with E-state index in [1.165, 1.54) is 6.33 Å². The molecule has 0 saturated carbocycles. The third kappa shape index (κ3) is 7.55. The number of amides is 4. The van der Waals surface area contributed by atoms with E-state index in [0.29, 0.717) is 29.0 Å². The van der Waals surface area contributed by atoms with E-state index in [9.17, 15) is 19.2 Å². The zero-order chi connectivity index (χ0) is 43.2. The number of aromatic nitrogens is 4. The van der Waals surface area contributed by atoms with E-state index < -0.39 is 35.7 Å². The molecule has 5 aliphatic heterocycles. The Bertz CT molecular complexity index is 2590. The lowest BCUT2D eigenvalue weighted by atomic mass is 9.95. The number of piperidine rings is 2. The van der Waals surface area contributed by atoms with Crippen LogP contribution in [0.3, 0.4) is 0 Å². The Kier molecular flexibility index (Phi) is 10.6. The van der Waals surface area contributed by atoms with Crippen LogP contribution >= 0.6 is 0 Å². The molecule has 4 fully saturated rings. The molecule has 19 nitrogen and oxygen atoms in total. The predicted molar refractivity (Wildman–Crippen MR) is 221 cm³/mol. The summed E-state index contributed by atoms with van der Waals surface area (Å²) >= 11 is 0. The second kappa shape index (κ2) is 16.3. The van der Waals surface area contributed by atoms with Crippen LogP contribution in [0.1, 0.15) is 52.4 Å². The Hall–Kier alpha value is -7.25. The molecule has 5 N–H and O–H groups in total. The molecule has 1 atom stereocenters. The molecular formula is C43H42N10O9. The number of nitrogens with two attached hydrogens (primary N) is 1. The maximum absolute atomic E-state index is 13.3. The lowest BCUT2D eigenvalue weighted by Gasteiger charge is -2.55. The number of carbonyl (C=O) groups excluding carboxylic acids is 4. The molecule has 5 aromatic rings. The molecule has 2 aromatic heterocycles. The first-order valence-corrected chi connectivity index (χ1v) is 20.3. The Balaban J connectivity index is 0.000000765. The highest BCUT2D eigenvalue weighted by atomic mass is 16.5. The predicted octanol–water partition coefficient (Wildman–Crippen LogP) is 2.63. The fraction of sp³-hybridized carbons (Fsp3) is 0.326. The summed E-state index contributed by atoms with van der Waals surface area (Å²) in [5, 5.41) is 22.9. The molecule has 3 aromatic carbocycles. The fourth-order valence-electron chi connectivity index (χ4n) is 8.82. The van der Waals surface area contributed by atoms with Gasteiger partial charge in [0.25, 0.3) is 11.8 Å². The van der Waals surface area contributed by atoms with Crippen molar-refractivity contribution in [2.45, 2.75) is 49.9 Å². The number of carboxylic acids is 2. The summed E-state index contributed by atoms with van der Waals surface area (Å²) in [4.78, 5) is 86.0. The number of rotatable bonds is 8. The van der Waals surface area contributed by atoms with E-state index in [1.54, 1.807) is 12.1 Å². The van der Waals surface area contributed by atoms with Gasteiger partial charge < -0.3 is 25.6 Å². The van der Waals surface area contributed by atoms with Crippen LogP contribution in [0.4, 0.5) is 11.5 Å². The topological polar surface area (TPSA) is 247 Å². The van der Waals surface area contributed by atoms with Crippen molar-refractivity contribution in [2.75, 3.05) is 49.9 Å². The zero-order valence-corrected chi connectivity index (χ0v) is 33.3. The SMILES string of the molecule is Nc1ncnc2c1c(-c1ccc(Oc3ccccc3)cc1)nn2C1CCN(C2CN(C3CN(c4ccc5c(c4)C(=O)N(C4CCC(=O)NC4=O)C5=O)C3)C2)CC1.O=C(O)C(=O)O. The number of nitrogens with one attached hydrogen (secondary N) is 1. The Morgan fingerprint density at radius 2 is 1.40 bits per heavy atom. The summed E-state index contributed by atoms with van der Waals surface area (Å²) in [5.74, 6) is -3.68. The first-order chi connectivity index (χ1) is 29.9. The van der Waals surface area contributed by atoms with Crippen molar-refractivity contribution < 1.29 is 43.7 Å². The first kappa shape index (κ1) is 40.2. The van der Waals surface area contributed by atoms with Crippen molar-refractivity contribution in [1.29, 1.82) is 0 Å². The number of likely N-dealkylation sites (tertiary alicyclic amines) is 2. The monoisotopic (exact) mass is 842 g/mol. The van der Waals surface area contributed by atoms with Gasteiger partial charge in [-0.25, -0.2) is 24.2 Å². The third-order valence-corrected chi connectivity index (χ3v) is 12.2. The van der Waals surface area contributed by atoms with Gasteiger partial charge in [0.15, 0.2) is 5.65 Å². The number of para-hydroxylation sites is 1. The number of carboxylic acid groups (broad SMARTS) is 2. The van der Waals surface area contributed by atoms with E-state index in [4.69, 9.17) is 35.4 Å². The van der Waals surface area contributed by atoms with Crippen molar-refractivity contribution in [2.24, 2.45) is 0 Å². The van der Waals surface area contributed by atoms with Gasteiger partial charge in [-0.2, -0.15) is 5.10 Å². The summed E-state index contributed by atoms with van der Waals surface area (Å²) < 4.78 is 8.05. The van der Waals surface area contributed by atoms with Gasteiger partial charge in [-0.3, -0.25) is 39.2 Å². The van der Waals surface area contributed by atoms with Crippen LogP contribution in [-0.4, -0.2) is 138 Å². The van der Waals surface area contributed by atoms with Gasteiger partial charge in [0.2, 0.25) is 11.8 Å². The van der Waals surface area contributed by atoms with Crippen LogP contribution in [0.25, 0.3) is 22.3 Å². The van der Waals surface area contributed by atoms with Crippen LogP contribution < -0.4 is 20.7 Å². The van der Waals surface area contributed by atoms with Crippen LogP contribution in [0, 0.1) is 0 Å². The number of fused-ring (bicyclic) bond motifs is 2. The molecule has 10 rings (SSSR count). The molecule has 7 heterocycles. The molecule has 5 aliphatic rings. The largest absolute Gasteiger partial charge is 0.473 e. The number of benzene rings is 3. The molecule has 4 saturated heterocycles. The van der Waals surface area contributed by atoms with Crippen LogP contribution in [0.15, 0.2) is 79.1 Å². The van der Waals surface area contributed by atoms with E-state index >= 15 is 0 Å². The second-order valence-electron chi connectivity index (χ2n) is 15.9. The highest BCUT2D eigenvalue weighted by molar-refractivity contribution is 6.27. The lowest BCUT2D eigenvalue weighted by Crippen LogP contribution is -2.70. The van der Waals surface area contributed by atoms with Crippen molar-refractivity contribution in [3.63, 3.8) is 0 Å². The fourth-order valence-corrected chi connectivity index (χ4v) is 8.82. The van der Waals surface area contributed by atoms with Gasteiger partial charge in [0.05, 0.1) is 22.6 Å². The number of nitrogens with zero attached hydrogens (tertiary/aromatic N) is 8. The highest BCUT2D eigenvalue weighted by Gasteiger charge is 2.46. The average molecular weight is 843 g/mol. The summed E-state index contributed by atoms with van der Waals surface area (Å²) in [6.07, 6.45) is 3.66. The maximum Gasteiger partial charge on any atom is 0.414 e. The molecule has 0 radical (unpaired) electrons. The molecule has 0 spiro atoms. The lowest BCUT2D eigenvalue weighted by molar-refractivity contribution is -0.159. The number of hydrogen-bond donors (Lipinski definition) is 4. The Morgan fingerprint density at radius 1 is 0.742 bits per heavy atom. The number of carbonyl (C=O) groups is 6. The van der Waals surface area contributed by atoms with E-state index in [2.05, 4.69) is 34.7 Å². The van der Waals surface area contributed by atoms with E-state index in [-0.39, 0.29) is 24.8 Å². The number of hydrogen-bond acceptors (Lipinski definition) is 14. The standard InChI is InChI=1S/C41H40N10O5.C2H2O4/c42-37-35-36(24-6-9-30(10-7-24)56-29-4-2-1-3-5-29)46-51(38(35)44-23-43-37)25-14-16-47(17-15-25)27-19-49(20-27)28-21-48(22-28)26-8-11-31-32(18-26)41(55)50(40(31)54)33-12-13-34(52)45-39(33)53;3-1(4)2(5)6/h1-11,18,23,25,27-28,33H,12-17,19-22H2,(H2,42,43,44)(H,45,52,53);(H,3,4)(H,5,6). The number of imide groups is 2. The smallest absolute Gasteiger partial charge is 0.414 e. The quantitative estimate of drug-likeness (QED) is 0.130.